The first-order valence-electron chi connectivity index (χ1n) is 17.7. The molecule has 0 bridgehead atoms. The Kier molecular flexibility index (Phi) is 29.7. The van der Waals surface area contributed by atoms with Crippen LogP contribution in [0, 0.1) is 23.7 Å². The molecule has 0 radical (unpaired) electrons. The van der Waals surface area contributed by atoms with Crippen molar-refractivity contribution in [2.45, 2.75) is 191 Å². The van der Waals surface area contributed by atoms with Crippen LogP contribution in [0.15, 0.2) is 0 Å². The van der Waals surface area contributed by atoms with Crippen molar-refractivity contribution in [2.75, 3.05) is 13.2 Å². The maximum absolute atomic E-state index is 6.65. The van der Waals surface area contributed by atoms with Crippen LogP contribution in [0.5, 0.6) is 0 Å². The molecule has 8 unspecified atom stereocenters. The van der Waals surface area contributed by atoms with Gasteiger partial charge < -0.3 is 14.2 Å². The summed E-state index contributed by atoms with van der Waals surface area (Å²) >= 11 is 5.13. The molecule has 0 N–H and O–H groups in total. The fraction of sp³-hybridized carbons (Fsp3) is 1.00. The van der Waals surface area contributed by atoms with E-state index in [9.17, 15) is 0 Å². The van der Waals surface area contributed by atoms with Gasteiger partial charge in [-0.1, -0.05) is 152 Å². The molecule has 0 aromatic rings. The molecule has 0 amide bonds. The molecule has 41 heavy (non-hydrogen) atoms. The molecule has 0 aromatic carbocycles. The molecule has 0 aliphatic heterocycles. The highest BCUT2D eigenvalue weighted by molar-refractivity contribution is 14.1. The number of alkyl halides is 2. The lowest BCUT2D eigenvalue weighted by atomic mass is 9.90. The third-order valence-corrected chi connectivity index (χ3v) is 9.26. The second kappa shape index (κ2) is 28.8. The highest BCUT2D eigenvalue weighted by atomic mass is 127. The molecule has 248 valence electrons. The lowest BCUT2D eigenvalue weighted by Crippen LogP contribution is -2.28. The van der Waals surface area contributed by atoms with Crippen molar-refractivity contribution >= 4 is 45.2 Å². The van der Waals surface area contributed by atoms with E-state index in [0.29, 0.717) is 0 Å². The fourth-order valence-electron chi connectivity index (χ4n) is 6.21. The molecular formula is C36H72I2O3. The lowest BCUT2D eigenvalue weighted by molar-refractivity contribution is -0.250. The third-order valence-electron chi connectivity index (χ3n) is 8.24. The summed E-state index contributed by atoms with van der Waals surface area (Å²) in [6.07, 6.45) is 21.7. The molecule has 8 atom stereocenters. The molecule has 0 spiro atoms. The van der Waals surface area contributed by atoms with Crippen molar-refractivity contribution in [3.05, 3.63) is 0 Å². The Morgan fingerprint density at radius 2 is 0.829 bits per heavy atom. The van der Waals surface area contributed by atoms with Crippen LogP contribution in [0.2, 0.25) is 0 Å². The molecule has 5 heteroatoms. The third kappa shape index (κ3) is 28.5. The minimum atomic E-state index is -0.140. The topological polar surface area (TPSA) is 27.7 Å². The first-order valence-corrected chi connectivity index (χ1v) is 20.2. The number of halogens is 2. The zero-order chi connectivity index (χ0) is 30.9. The van der Waals surface area contributed by atoms with E-state index >= 15 is 0 Å². The van der Waals surface area contributed by atoms with Gasteiger partial charge in [0.15, 0.2) is 12.6 Å². The Labute approximate surface area is 285 Å². The van der Waals surface area contributed by atoms with Gasteiger partial charge in [0.05, 0.1) is 0 Å². The number of rotatable bonds is 30. The average molecular weight is 807 g/mol. The Balaban J connectivity index is 4.98. The molecular weight excluding hydrogens is 734 g/mol. The maximum Gasteiger partial charge on any atom is 0.160 e. The summed E-state index contributed by atoms with van der Waals surface area (Å²) < 4.78 is 21.0. The number of hydrogen-bond acceptors (Lipinski definition) is 3. The van der Waals surface area contributed by atoms with Crippen LogP contribution in [0.4, 0.5) is 0 Å². The van der Waals surface area contributed by atoms with Crippen molar-refractivity contribution in [2.24, 2.45) is 23.7 Å². The molecule has 0 aliphatic carbocycles. The van der Waals surface area contributed by atoms with Crippen LogP contribution in [0.25, 0.3) is 0 Å². The smallest absolute Gasteiger partial charge is 0.160 e. The molecule has 0 fully saturated rings. The molecule has 0 saturated heterocycles. The second-order valence-electron chi connectivity index (χ2n) is 13.6. The van der Waals surface area contributed by atoms with Gasteiger partial charge in [0.2, 0.25) is 0 Å². The summed E-state index contributed by atoms with van der Waals surface area (Å²) in [6.45, 7) is 20.5. The van der Waals surface area contributed by atoms with Gasteiger partial charge in [0.25, 0.3) is 0 Å². The Morgan fingerprint density at radius 1 is 0.439 bits per heavy atom. The van der Waals surface area contributed by atoms with Gasteiger partial charge in [-0.15, -0.1) is 0 Å². The van der Waals surface area contributed by atoms with Crippen molar-refractivity contribution in [1.82, 2.24) is 0 Å². The highest BCUT2D eigenvalue weighted by Gasteiger charge is 2.20. The van der Waals surface area contributed by atoms with E-state index < -0.39 is 0 Å². The Bertz CT molecular complexity index is 499. The van der Waals surface area contributed by atoms with E-state index in [1.807, 2.05) is 0 Å². The van der Waals surface area contributed by atoms with Gasteiger partial charge in [0, 0.05) is 21.1 Å². The first kappa shape index (κ1) is 42.3. The van der Waals surface area contributed by atoms with E-state index in [2.05, 4.69) is 101 Å². The second-order valence-corrected chi connectivity index (χ2v) is 17.9. The molecule has 0 heterocycles. The summed E-state index contributed by atoms with van der Waals surface area (Å²) in [4.78, 5) is 0. The average Bonchev–Trinajstić information content (AvgIpc) is 2.86. The standard InChI is InChI=1S/C36H72I2O3/c1-9-11-13-15-23-39-35(21-17-19-29(3)25-31(5)27-33(7)37)41-36(40-24-16-14-12-10-2)22-18-20-30(4)26-32(6)28-34(8)38/h29-36H,9-28H2,1-8H3. The van der Waals surface area contributed by atoms with E-state index in [0.717, 1.165) is 70.4 Å². The predicted octanol–water partition coefficient (Wildman–Crippen LogP) is 12.9. The lowest BCUT2D eigenvalue weighted by Gasteiger charge is -2.27. The van der Waals surface area contributed by atoms with Gasteiger partial charge in [-0.05, 0) is 87.9 Å². The van der Waals surface area contributed by atoms with Crippen LogP contribution in [-0.4, -0.2) is 33.6 Å². The van der Waals surface area contributed by atoms with Crippen molar-refractivity contribution in [1.29, 1.82) is 0 Å². The monoisotopic (exact) mass is 806 g/mol. The maximum atomic E-state index is 6.65. The van der Waals surface area contributed by atoms with Crippen LogP contribution >= 0.6 is 45.2 Å². The zero-order valence-corrected chi connectivity index (χ0v) is 33.1. The highest BCUT2D eigenvalue weighted by Crippen LogP contribution is 2.26. The van der Waals surface area contributed by atoms with E-state index in [-0.39, 0.29) is 12.6 Å². The summed E-state index contributed by atoms with van der Waals surface area (Å²) in [5, 5.41) is 0. The van der Waals surface area contributed by atoms with E-state index in [1.165, 1.54) is 89.9 Å². The predicted molar refractivity (Wildman–Crippen MR) is 199 cm³/mol. The van der Waals surface area contributed by atoms with Crippen molar-refractivity contribution < 1.29 is 14.2 Å². The van der Waals surface area contributed by atoms with Crippen LogP contribution < -0.4 is 0 Å². The summed E-state index contributed by atoms with van der Waals surface area (Å²) in [5.74, 6) is 3.13. The van der Waals surface area contributed by atoms with Crippen LogP contribution in [-0.2, 0) is 14.2 Å². The number of hydrogen-bond donors (Lipinski definition) is 0. The number of unbranched alkanes of at least 4 members (excludes halogenated alkanes) is 6. The molecule has 0 rings (SSSR count). The van der Waals surface area contributed by atoms with Gasteiger partial charge in [-0.3, -0.25) is 0 Å². The molecule has 0 aliphatic rings. The first-order chi connectivity index (χ1) is 19.6. The number of ether oxygens (including phenoxy) is 3. The van der Waals surface area contributed by atoms with Crippen molar-refractivity contribution in [3.8, 4) is 0 Å². The van der Waals surface area contributed by atoms with Crippen LogP contribution in [0.3, 0.4) is 0 Å². The molecule has 0 aromatic heterocycles. The van der Waals surface area contributed by atoms with Crippen molar-refractivity contribution in [3.63, 3.8) is 0 Å². The molecule has 3 nitrogen and oxygen atoms in total. The summed E-state index contributed by atoms with van der Waals surface area (Å²) in [7, 11) is 0. The molecule has 0 saturated carbocycles. The summed E-state index contributed by atoms with van der Waals surface area (Å²) in [5.41, 5.74) is 0. The van der Waals surface area contributed by atoms with Gasteiger partial charge in [-0.2, -0.15) is 0 Å². The van der Waals surface area contributed by atoms with E-state index in [1.54, 1.807) is 0 Å². The minimum Gasteiger partial charge on any atom is -0.353 e. The normalized spacial score (nSPS) is 18.0. The SMILES string of the molecule is CCCCCCOC(CCCC(C)CC(C)CC(C)I)OC(CCCC(C)CC(C)CC(C)I)OCCCCCC. The van der Waals surface area contributed by atoms with Gasteiger partial charge >= 0.3 is 0 Å². The largest absolute Gasteiger partial charge is 0.353 e. The van der Waals surface area contributed by atoms with Crippen LogP contribution in [0.1, 0.15) is 171 Å². The zero-order valence-electron chi connectivity index (χ0n) is 28.7. The van der Waals surface area contributed by atoms with E-state index in [4.69, 9.17) is 14.2 Å². The van der Waals surface area contributed by atoms with Gasteiger partial charge in [0.1, 0.15) is 0 Å². The summed E-state index contributed by atoms with van der Waals surface area (Å²) in [6, 6.07) is 0. The fourth-order valence-corrected chi connectivity index (χ4v) is 7.95. The quantitative estimate of drug-likeness (QED) is 0.0313. The minimum absolute atomic E-state index is 0.140. The van der Waals surface area contributed by atoms with Gasteiger partial charge in [-0.25, -0.2) is 0 Å². The Morgan fingerprint density at radius 3 is 1.17 bits per heavy atom. The Hall–Kier alpha value is 1.34.